The standard InChI is InChI=1S/C18H32N4O3/c1-3-19-18(20-11-5-8-16(23)21-15-9-10-15)22-12-6-7-14(13-22)17(24)25-4-2/h14-15H,3-13H2,1-2H3,(H,19,20)(H,21,23). The van der Waals surface area contributed by atoms with Crippen molar-refractivity contribution in [3.63, 3.8) is 0 Å². The molecule has 0 aromatic carbocycles. The van der Waals surface area contributed by atoms with Crippen LogP contribution >= 0.6 is 0 Å². The second-order valence-corrected chi connectivity index (χ2v) is 6.72. The van der Waals surface area contributed by atoms with Gasteiger partial charge in [-0.15, -0.1) is 0 Å². The molecule has 1 saturated carbocycles. The molecule has 0 aromatic heterocycles. The Bertz CT molecular complexity index is 477. The van der Waals surface area contributed by atoms with Crippen molar-refractivity contribution in [2.45, 2.75) is 58.4 Å². The Hall–Kier alpha value is -1.79. The molecule has 0 radical (unpaired) electrons. The fraction of sp³-hybridized carbons (Fsp3) is 0.833. The van der Waals surface area contributed by atoms with E-state index < -0.39 is 0 Å². The minimum absolute atomic E-state index is 0.0816. The van der Waals surface area contributed by atoms with Crippen LogP contribution in [-0.2, 0) is 14.3 Å². The third kappa shape index (κ3) is 6.92. The predicted molar refractivity (Wildman–Crippen MR) is 97.3 cm³/mol. The lowest BCUT2D eigenvalue weighted by atomic mass is 9.98. The lowest BCUT2D eigenvalue weighted by molar-refractivity contribution is -0.149. The molecule has 2 aliphatic rings. The van der Waals surface area contributed by atoms with E-state index in [9.17, 15) is 9.59 Å². The molecule has 1 atom stereocenters. The summed E-state index contributed by atoms with van der Waals surface area (Å²) >= 11 is 0. The monoisotopic (exact) mass is 352 g/mol. The van der Waals surface area contributed by atoms with Crippen LogP contribution in [0.1, 0.15) is 52.4 Å². The number of rotatable bonds is 8. The molecular weight excluding hydrogens is 320 g/mol. The van der Waals surface area contributed by atoms with E-state index in [1.165, 1.54) is 0 Å². The average molecular weight is 352 g/mol. The fourth-order valence-electron chi connectivity index (χ4n) is 3.00. The summed E-state index contributed by atoms with van der Waals surface area (Å²) < 4.78 is 5.16. The van der Waals surface area contributed by atoms with Crippen LogP contribution in [0.2, 0.25) is 0 Å². The van der Waals surface area contributed by atoms with Gasteiger partial charge < -0.3 is 20.3 Å². The van der Waals surface area contributed by atoms with Crippen LogP contribution in [0.3, 0.4) is 0 Å². The van der Waals surface area contributed by atoms with Gasteiger partial charge in [0.05, 0.1) is 12.5 Å². The number of guanidine groups is 1. The summed E-state index contributed by atoms with van der Waals surface area (Å²) in [6.45, 7) is 7.22. The molecule has 142 valence electrons. The smallest absolute Gasteiger partial charge is 0.310 e. The van der Waals surface area contributed by atoms with Crippen molar-refractivity contribution in [1.82, 2.24) is 15.5 Å². The van der Waals surface area contributed by atoms with E-state index in [4.69, 9.17) is 4.74 Å². The quantitative estimate of drug-likeness (QED) is 0.298. The lowest BCUT2D eigenvalue weighted by Crippen LogP contribution is -2.48. The van der Waals surface area contributed by atoms with Crippen LogP contribution in [0.5, 0.6) is 0 Å². The maximum Gasteiger partial charge on any atom is 0.310 e. The Kier molecular flexibility index (Phi) is 8.01. The minimum Gasteiger partial charge on any atom is -0.466 e. The number of hydrogen-bond donors (Lipinski definition) is 2. The number of amides is 1. The van der Waals surface area contributed by atoms with Crippen LogP contribution < -0.4 is 10.6 Å². The van der Waals surface area contributed by atoms with E-state index in [0.29, 0.717) is 32.2 Å². The third-order valence-corrected chi connectivity index (χ3v) is 4.44. The van der Waals surface area contributed by atoms with E-state index in [0.717, 1.165) is 51.2 Å². The van der Waals surface area contributed by atoms with Gasteiger partial charge in [-0.1, -0.05) is 0 Å². The number of hydrogen-bond acceptors (Lipinski definition) is 4. The van der Waals surface area contributed by atoms with Gasteiger partial charge in [-0.3, -0.25) is 14.6 Å². The molecule has 0 spiro atoms. The van der Waals surface area contributed by atoms with Crippen LogP contribution in [-0.4, -0.2) is 61.6 Å². The number of esters is 1. The first kappa shape index (κ1) is 19.5. The molecule has 1 heterocycles. The van der Waals surface area contributed by atoms with E-state index >= 15 is 0 Å². The van der Waals surface area contributed by atoms with Crippen molar-refractivity contribution in [2.75, 3.05) is 32.8 Å². The summed E-state index contributed by atoms with van der Waals surface area (Å²) in [5.74, 6) is 0.767. The number of piperidine rings is 1. The highest BCUT2D eigenvalue weighted by atomic mass is 16.5. The molecule has 0 bridgehead atoms. The molecule has 0 aromatic rings. The average Bonchev–Trinajstić information content (AvgIpc) is 3.42. The van der Waals surface area contributed by atoms with E-state index in [1.54, 1.807) is 0 Å². The van der Waals surface area contributed by atoms with Crippen molar-refractivity contribution >= 4 is 17.8 Å². The Morgan fingerprint density at radius 1 is 1.24 bits per heavy atom. The molecular formula is C18H32N4O3. The van der Waals surface area contributed by atoms with Crippen LogP contribution in [0.15, 0.2) is 4.99 Å². The number of nitrogens with one attached hydrogen (secondary N) is 2. The second kappa shape index (κ2) is 10.3. The van der Waals surface area contributed by atoms with Gasteiger partial charge in [-0.25, -0.2) is 0 Å². The van der Waals surface area contributed by atoms with Gasteiger partial charge in [0.15, 0.2) is 5.96 Å². The molecule has 2 N–H and O–H groups in total. The summed E-state index contributed by atoms with van der Waals surface area (Å²) in [6, 6.07) is 0.418. The number of aliphatic imine (C=N–C) groups is 1. The summed E-state index contributed by atoms with van der Waals surface area (Å²) in [4.78, 5) is 30.5. The molecule has 1 unspecified atom stereocenters. The van der Waals surface area contributed by atoms with E-state index in [2.05, 4.69) is 20.5 Å². The highest BCUT2D eigenvalue weighted by molar-refractivity contribution is 5.81. The number of likely N-dealkylation sites (tertiary alicyclic amines) is 1. The summed E-state index contributed by atoms with van der Waals surface area (Å²) in [6.07, 6.45) is 5.32. The molecule has 7 nitrogen and oxygen atoms in total. The van der Waals surface area contributed by atoms with Crippen molar-refractivity contribution < 1.29 is 14.3 Å². The molecule has 1 aliphatic heterocycles. The Balaban J connectivity index is 1.80. The number of ether oxygens (including phenoxy) is 1. The molecule has 2 fully saturated rings. The molecule has 1 amide bonds. The zero-order valence-electron chi connectivity index (χ0n) is 15.6. The lowest BCUT2D eigenvalue weighted by Gasteiger charge is -2.34. The van der Waals surface area contributed by atoms with Gasteiger partial charge in [0.2, 0.25) is 5.91 Å². The molecule has 25 heavy (non-hydrogen) atoms. The van der Waals surface area contributed by atoms with Gasteiger partial charge in [-0.05, 0) is 46.0 Å². The SMILES string of the molecule is CCNC(=NCCCC(=O)NC1CC1)N1CCCC(C(=O)OCC)C1. The number of carbonyl (C=O) groups is 2. The Labute approximate surface area is 150 Å². The highest BCUT2D eigenvalue weighted by Gasteiger charge is 2.28. The van der Waals surface area contributed by atoms with Crippen LogP contribution in [0, 0.1) is 5.92 Å². The molecule has 1 saturated heterocycles. The van der Waals surface area contributed by atoms with Crippen molar-refractivity contribution in [3.8, 4) is 0 Å². The Morgan fingerprint density at radius 2 is 2.04 bits per heavy atom. The molecule has 2 rings (SSSR count). The molecule has 1 aliphatic carbocycles. The van der Waals surface area contributed by atoms with Crippen molar-refractivity contribution in [2.24, 2.45) is 10.9 Å². The predicted octanol–water partition coefficient (Wildman–Crippen LogP) is 1.29. The van der Waals surface area contributed by atoms with E-state index in [-0.39, 0.29) is 17.8 Å². The summed E-state index contributed by atoms with van der Waals surface area (Å²) in [5, 5.41) is 6.29. The Morgan fingerprint density at radius 3 is 2.72 bits per heavy atom. The van der Waals surface area contributed by atoms with Gasteiger partial charge in [0.25, 0.3) is 0 Å². The summed E-state index contributed by atoms with van der Waals surface area (Å²) in [7, 11) is 0. The normalized spacial score (nSPS) is 21.0. The first-order valence-corrected chi connectivity index (χ1v) is 9.63. The maximum atomic E-state index is 12.0. The minimum atomic E-state index is -0.111. The number of nitrogens with zero attached hydrogens (tertiary/aromatic N) is 2. The zero-order valence-corrected chi connectivity index (χ0v) is 15.6. The highest BCUT2D eigenvalue weighted by Crippen LogP contribution is 2.19. The van der Waals surface area contributed by atoms with Crippen LogP contribution in [0.25, 0.3) is 0 Å². The van der Waals surface area contributed by atoms with Crippen molar-refractivity contribution in [3.05, 3.63) is 0 Å². The summed E-state index contributed by atoms with van der Waals surface area (Å²) in [5.41, 5.74) is 0. The van der Waals surface area contributed by atoms with Crippen LogP contribution in [0.4, 0.5) is 0 Å². The van der Waals surface area contributed by atoms with Gasteiger partial charge >= 0.3 is 5.97 Å². The topological polar surface area (TPSA) is 83.0 Å². The first-order valence-electron chi connectivity index (χ1n) is 9.63. The zero-order chi connectivity index (χ0) is 18.1. The number of carbonyl (C=O) groups excluding carboxylic acids is 2. The third-order valence-electron chi connectivity index (χ3n) is 4.44. The van der Waals surface area contributed by atoms with Gasteiger partial charge in [-0.2, -0.15) is 0 Å². The first-order chi connectivity index (χ1) is 12.1. The maximum absolute atomic E-state index is 12.0. The largest absolute Gasteiger partial charge is 0.466 e. The second-order valence-electron chi connectivity index (χ2n) is 6.72. The van der Waals surface area contributed by atoms with Gasteiger partial charge in [0.1, 0.15) is 0 Å². The van der Waals surface area contributed by atoms with Crippen molar-refractivity contribution in [1.29, 1.82) is 0 Å². The molecule has 7 heteroatoms. The van der Waals surface area contributed by atoms with E-state index in [1.807, 2.05) is 13.8 Å². The fourth-order valence-corrected chi connectivity index (χ4v) is 3.00. The van der Waals surface area contributed by atoms with Gasteiger partial charge in [0, 0.05) is 38.6 Å².